The van der Waals surface area contributed by atoms with Crippen molar-refractivity contribution in [2.24, 2.45) is 0 Å². The van der Waals surface area contributed by atoms with Crippen molar-refractivity contribution in [3.05, 3.63) is 42.1 Å². The van der Waals surface area contributed by atoms with E-state index in [9.17, 15) is 18.7 Å². The van der Waals surface area contributed by atoms with Crippen molar-refractivity contribution in [3.63, 3.8) is 0 Å². The smallest absolute Gasteiger partial charge is 0.387 e. The molecule has 2 N–H and O–H groups in total. The van der Waals surface area contributed by atoms with Crippen LogP contribution < -0.4 is 10.1 Å². The van der Waals surface area contributed by atoms with Crippen molar-refractivity contribution in [2.75, 3.05) is 13.2 Å². The molecule has 8 nitrogen and oxygen atoms in total. The minimum atomic E-state index is -2.93. The van der Waals surface area contributed by atoms with E-state index in [0.29, 0.717) is 53.9 Å². The number of fused-ring (bicyclic) bond motifs is 1. The van der Waals surface area contributed by atoms with Gasteiger partial charge in [0.15, 0.2) is 0 Å². The van der Waals surface area contributed by atoms with Crippen molar-refractivity contribution < 1.29 is 28.2 Å². The fourth-order valence-electron chi connectivity index (χ4n) is 4.45. The fraction of sp³-hybridized carbons (Fsp3) is 0.480. The highest BCUT2D eigenvalue weighted by Gasteiger charge is 2.46. The molecule has 35 heavy (non-hydrogen) atoms. The number of aliphatic hydroxyl groups is 1. The van der Waals surface area contributed by atoms with Gasteiger partial charge in [0, 0.05) is 31.0 Å². The summed E-state index contributed by atoms with van der Waals surface area (Å²) in [5.74, 6) is -0.331. The number of amides is 1. The Morgan fingerprint density at radius 2 is 1.97 bits per heavy atom. The van der Waals surface area contributed by atoms with Gasteiger partial charge in [-0.2, -0.15) is 13.9 Å². The molecule has 188 valence electrons. The lowest BCUT2D eigenvalue weighted by atomic mass is 9.76. The van der Waals surface area contributed by atoms with Crippen LogP contribution in [0, 0.1) is 0 Å². The first kappa shape index (κ1) is 25.0. The van der Waals surface area contributed by atoms with Gasteiger partial charge in [0.1, 0.15) is 17.0 Å². The lowest BCUT2D eigenvalue weighted by molar-refractivity contribution is -0.0739. The van der Waals surface area contributed by atoms with E-state index in [1.54, 1.807) is 36.7 Å². The summed E-state index contributed by atoms with van der Waals surface area (Å²) in [5.41, 5.74) is 0.586. The average molecular weight is 489 g/mol. The molecule has 1 saturated heterocycles. The lowest BCUT2D eigenvalue weighted by Crippen LogP contribution is -2.64. The molecule has 0 atom stereocenters. The van der Waals surface area contributed by atoms with Gasteiger partial charge in [0.25, 0.3) is 5.91 Å². The number of halogens is 2. The number of pyridine rings is 1. The highest BCUT2D eigenvalue weighted by atomic mass is 19.3. The molecule has 0 aliphatic carbocycles. The number of carbonyl (C=O) groups excluding carboxylic acids is 1. The molecule has 0 saturated carbocycles. The largest absolute Gasteiger partial charge is 0.435 e. The van der Waals surface area contributed by atoms with Crippen molar-refractivity contribution in [1.82, 2.24) is 20.1 Å². The molecule has 1 aromatic carbocycles. The highest BCUT2D eigenvalue weighted by molar-refractivity contribution is 5.99. The summed E-state index contributed by atoms with van der Waals surface area (Å²) in [4.78, 5) is 17.8. The van der Waals surface area contributed by atoms with Gasteiger partial charge in [-0.25, -0.2) is 0 Å². The third-order valence-corrected chi connectivity index (χ3v) is 6.50. The second kappa shape index (κ2) is 9.50. The molecule has 3 aromatic rings. The normalized spacial score (nSPS) is 16.1. The van der Waals surface area contributed by atoms with Crippen molar-refractivity contribution in [2.45, 2.75) is 64.3 Å². The van der Waals surface area contributed by atoms with Crippen molar-refractivity contribution in [1.29, 1.82) is 0 Å². The molecule has 1 fully saturated rings. The third kappa shape index (κ3) is 4.99. The molecule has 10 heteroatoms. The zero-order valence-electron chi connectivity index (χ0n) is 20.2. The Balaban J connectivity index is 1.73. The number of nitrogens with zero attached hydrogens (tertiary/aromatic N) is 3. The van der Waals surface area contributed by atoms with E-state index in [1.165, 1.54) is 18.3 Å². The Bertz CT molecular complexity index is 1210. The fourth-order valence-corrected chi connectivity index (χ4v) is 4.45. The van der Waals surface area contributed by atoms with Gasteiger partial charge in [-0.1, -0.05) is 12.1 Å². The van der Waals surface area contributed by atoms with E-state index in [2.05, 4.69) is 20.1 Å². The number of hydrogen-bond acceptors (Lipinski definition) is 6. The minimum Gasteiger partial charge on any atom is -0.435 e. The van der Waals surface area contributed by atoms with E-state index in [0.717, 1.165) is 0 Å². The first-order chi connectivity index (χ1) is 16.5. The summed E-state index contributed by atoms with van der Waals surface area (Å²) in [7, 11) is 0. The van der Waals surface area contributed by atoms with Crippen LogP contribution in [-0.2, 0) is 4.74 Å². The lowest BCUT2D eigenvalue weighted by Gasteiger charge is -2.46. The van der Waals surface area contributed by atoms with Gasteiger partial charge in [-0.05, 0) is 58.7 Å². The maximum absolute atomic E-state index is 13.3. The van der Waals surface area contributed by atoms with Crippen LogP contribution >= 0.6 is 0 Å². The van der Waals surface area contributed by atoms with Gasteiger partial charge in [0.05, 0.1) is 22.2 Å². The summed E-state index contributed by atoms with van der Waals surface area (Å²) in [6, 6.07) is 7.95. The Hall–Kier alpha value is -3.11. The number of benzene rings is 1. The first-order valence-electron chi connectivity index (χ1n) is 11.6. The molecule has 1 aliphatic rings. The Morgan fingerprint density at radius 1 is 1.26 bits per heavy atom. The SMILES string of the molecule is CC(C)n1nc(-c2cccc(OC(F)F)c2)c2ncc(C(=O)NC3(C(C)(C)O)CCOCC3)cc21. The van der Waals surface area contributed by atoms with Gasteiger partial charge in [0.2, 0.25) is 0 Å². The predicted octanol–water partition coefficient (Wildman–Crippen LogP) is 4.33. The maximum atomic E-state index is 13.3. The van der Waals surface area contributed by atoms with Crippen LogP contribution in [0.4, 0.5) is 8.78 Å². The standard InChI is InChI=1S/C25H30F2N4O4/c1-15(2)31-19-13-17(22(32)29-25(24(3,4)33)8-10-34-11-9-25)14-28-21(19)20(30-31)16-6-5-7-18(12-16)35-23(26)27/h5-7,12-15,23,33H,8-11H2,1-4H3,(H,29,32). The Kier molecular flexibility index (Phi) is 6.79. The molecule has 1 amide bonds. The zero-order valence-corrected chi connectivity index (χ0v) is 20.2. The maximum Gasteiger partial charge on any atom is 0.387 e. The summed E-state index contributed by atoms with van der Waals surface area (Å²) in [6.07, 6.45) is 2.44. The van der Waals surface area contributed by atoms with Gasteiger partial charge >= 0.3 is 6.61 Å². The van der Waals surface area contributed by atoms with Crippen LogP contribution in [0.15, 0.2) is 36.5 Å². The van der Waals surface area contributed by atoms with Gasteiger partial charge < -0.3 is 19.9 Å². The molecule has 3 heterocycles. The molecule has 0 unspecified atom stereocenters. The number of carbonyl (C=O) groups is 1. The summed E-state index contributed by atoms with van der Waals surface area (Å²) in [5, 5.41) is 18.5. The predicted molar refractivity (Wildman–Crippen MR) is 127 cm³/mol. The number of nitrogens with one attached hydrogen (secondary N) is 1. The summed E-state index contributed by atoms with van der Waals surface area (Å²) in [6.45, 7) is 5.23. The van der Waals surface area contributed by atoms with Crippen LogP contribution in [0.2, 0.25) is 0 Å². The molecule has 0 radical (unpaired) electrons. The second-order valence-electron chi connectivity index (χ2n) is 9.59. The monoisotopic (exact) mass is 488 g/mol. The molecular weight excluding hydrogens is 458 g/mol. The number of alkyl halides is 2. The van der Waals surface area contributed by atoms with Gasteiger partial charge in [-0.15, -0.1) is 0 Å². The van der Waals surface area contributed by atoms with Crippen LogP contribution in [0.1, 0.15) is 56.9 Å². The second-order valence-corrected chi connectivity index (χ2v) is 9.59. The van der Waals surface area contributed by atoms with Crippen LogP contribution in [0.25, 0.3) is 22.3 Å². The van der Waals surface area contributed by atoms with Gasteiger partial charge in [-0.3, -0.25) is 14.5 Å². The van der Waals surface area contributed by atoms with Crippen LogP contribution in [-0.4, -0.2) is 56.7 Å². The molecule has 2 aromatic heterocycles. The number of rotatable bonds is 7. The number of ether oxygens (including phenoxy) is 2. The van der Waals surface area contributed by atoms with Crippen molar-refractivity contribution in [3.8, 4) is 17.0 Å². The Morgan fingerprint density at radius 3 is 2.60 bits per heavy atom. The van der Waals surface area contributed by atoms with Crippen LogP contribution in [0.5, 0.6) is 5.75 Å². The number of aromatic nitrogens is 3. The summed E-state index contributed by atoms with van der Waals surface area (Å²) < 4.78 is 37.1. The first-order valence-corrected chi connectivity index (χ1v) is 11.6. The van der Waals surface area contributed by atoms with E-state index in [1.807, 2.05) is 13.8 Å². The topological polar surface area (TPSA) is 98.5 Å². The molecule has 0 bridgehead atoms. The molecule has 1 aliphatic heterocycles. The van der Waals surface area contributed by atoms with E-state index < -0.39 is 17.8 Å². The molecular formula is C25H30F2N4O4. The quantitative estimate of drug-likeness (QED) is 0.514. The minimum absolute atomic E-state index is 0.0223. The highest BCUT2D eigenvalue weighted by Crippen LogP contribution is 2.34. The van der Waals surface area contributed by atoms with E-state index >= 15 is 0 Å². The summed E-state index contributed by atoms with van der Waals surface area (Å²) >= 11 is 0. The van der Waals surface area contributed by atoms with E-state index in [-0.39, 0.29) is 17.7 Å². The molecule has 0 spiro atoms. The third-order valence-electron chi connectivity index (χ3n) is 6.50. The van der Waals surface area contributed by atoms with Crippen molar-refractivity contribution >= 4 is 16.9 Å². The average Bonchev–Trinajstić information content (AvgIpc) is 3.18. The van der Waals surface area contributed by atoms with Crippen LogP contribution in [0.3, 0.4) is 0 Å². The van der Waals surface area contributed by atoms with E-state index in [4.69, 9.17) is 4.74 Å². The number of hydrogen-bond donors (Lipinski definition) is 2. The Labute approximate surface area is 202 Å². The zero-order chi connectivity index (χ0) is 25.4. The molecule has 4 rings (SSSR count).